The number of rotatable bonds is 15. The van der Waals surface area contributed by atoms with Crippen LogP contribution in [-0.2, 0) is 0 Å². The van der Waals surface area contributed by atoms with Crippen LogP contribution in [0, 0.1) is 0 Å². The third kappa shape index (κ3) is 9.06. The molecule has 0 spiro atoms. The topological polar surface area (TPSA) is 44.2 Å². The number of nitrogens with zero attached hydrogens (tertiary/aromatic N) is 2. The van der Waals surface area contributed by atoms with Crippen molar-refractivity contribution in [3.63, 3.8) is 0 Å². The standard InChI is InChI=1S/C24H34F2N2O2/c1-3-5-7-9-21(26)18-30-22-12-10-19(11-13-22)24-27-16-23(17-28-24)29-15-14-20(25)8-6-4-2/h10-13,16-17,20-21H,3-9,14-15,18H2,1-2H3/t20-,21+/m0/s1. The van der Waals surface area contributed by atoms with Crippen molar-refractivity contribution in [2.24, 2.45) is 0 Å². The van der Waals surface area contributed by atoms with Gasteiger partial charge in [-0.1, -0.05) is 46.0 Å². The van der Waals surface area contributed by atoms with E-state index in [0.29, 0.717) is 43.2 Å². The second-order valence-corrected chi connectivity index (χ2v) is 7.55. The highest BCUT2D eigenvalue weighted by Crippen LogP contribution is 2.21. The van der Waals surface area contributed by atoms with Crippen LogP contribution in [-0.4, -0.2) is 35.5 Å². The molecule has 1 aromatic carbocycles. The number of hydrogen-bond acceptors (Lipinski definition) is 4. The normalized spacial score (nSPS) is 13.1. The average molecular weight is 421 g/mol. The fourth-order valence-corrected chi connectivity index (χ4v) is 3.00. The van der Waals surface area contributed by atoms with Gasteiger partial charge in [0.1, 0.15) is 24.7 Å². The molecule has 0 saturated carbocycles. The summed E-state index contributed by atoms with van der Waals surface area (Å²) < 4.78 is 38.5. The molecule has 0 bridgehead atoms. The van der Waals surface area contributed by atoms with E-state index in [9.17, 15) is 8.78 Å². The Balaban J connectivity index is 1.76. The van der Waals surface area contributed by atoms with E-state index in [1.165, 1.54) is 0 Å². The molecule has 0 aliphatic carbocycles. The molecule has 0 aliphatic heterocycles. The van der Waals surface area contributed by atoms with Crippen molar-refractivity contribution in [1.29, 1.82) is 0 Å². The van der Waals surface area contributed by atoms with Crippen LogP contribution in [0.4, 0.5) is 8.78 Å². The van der Waals surface area contributed by atoms with Crippen molar-refractivity contribution in [2.45, 2.75) is 77.6 Å². The molecule has 2 aromatic rings. The maximum Gasteiger partial charge on any atom is 0.159 e. The van der Waals surface area contributed by atoms with Crippen LogP contribution in [0.3, 0.4) is 0 Å². The molecule has 6 heteroatoms. The number of unbranched alkanes of at least 4 members (excludes halogenated alkanes) is 3. The highest BCUT2D eigenvalue weighted by atomic mass is 19.1. The van der Waals surface area contributed by atoms with Gasteiger partial charge in [-0.25, -0.2) is 18.7 Å². The first-order chi connectivity index (χ1) is 14.6. The predicted molar refractivity (Wildman–Crippen MR) is 117 cm³/mol. The van der Waals surface area contributed by atoms with Gasteiger partial charge in [0.2, 0.25) is 0 Å². The minimum atomic E-state index is -0.938. The molecule has 0 amide bonds. The van der Waals surface area contributed by atoms with Crippen LogP contribution in [0.5, 0.6) is 11.5 Å². The molecule has 0 unspecified atom stereocenters. The van der Waals surface area contributed by atoms with Gasteiger partial charge in [0.15, 0.2) is 11.6 Å². The number of hydrogen-bond donors (Lipinski definition) is 0. The summed E-state index contributed by atoms with van der Waals surface area (Å²) in [6.07, 6.45) is 7.85. The van der Waals surface area contributed by atoms with Gasteiger partial charge >= 0.3 is 0 Å². The van der Waals surface area contributed by atoms with E-state index >= 15 is 0 Å². The van der Waals surface area contributed by atoms with Crippen molar-refractivity contribution in [2.75, 3.05) is 13.2 Å². The second kappa shape index (κ2) is 13.9. The smallest absolute Gasteiger partial charge is 0.159 e. The van der Waals surface area contributed by atoms with E-state index in [4.69, 9.17) is 9.47 Å². The predicted octanol–water partition coefficient (Wildman–Crippen LogP) is 6.74. The zero-order valence-corrected chi connectivity index (χ0v) is 18.2. The van der Waals surface area contributed by atoms with Crippen LogP contribution in [0.2, 0.25) is 0 Å². The molecular weight excluding hydrogens is 386 g/mol. The van der Waals surface area contributed by atoms with Crippen molar-refractivity contribution in [1.82, 2.24) is 9.97 Å². The summed E-state index contributed by atoms with van der Waals surface area (Å²) in [5.74, 6) is 1.71. The van der Waals surface area contributed by atoms with Crippen LogP contribution in [0.25, 0.3) is 11.4 Å². The summed E-state index contributed by atoms with van der Waals surface area (Å²) in [6, 6.07) is 7.27. The summed E-state index contributed by atoms with van der Waals surface area (Å²) in [4.78, 5) is 8.62. The Morgan fingerprint density at radius 3 is 2.10 bits per heavy atom. The first-order valence-electron chi connectivity index (χ1n) is 11.1. The van der Waals surface area contributed by atoms with E-state index in [1.54, 1.807) is 24.5 Å². The van der Waals surface area contributed by atoms with E-state index in [1.807, 2.05) is 12.1 Å². The number of aromatic nitrogens is 2. The Kier molecular flexibility index (Phi) is 11.1. The fourth-order valence-electron chi connectivity index (χ4n) is 3.00. The first kappa shape index (κ1) is 24.0. The van der Waals surface area contributed by atoms with E-state index in [0.717, 1.165) is 37.7 Å². The third-order valence-corrected chi connectivity index (χ3v) is 4.86. The first-order valence-corrected chi connectivity index (χ1v) is 11.1. The van der Waals surface area contributed by atoms with Gasteiger partial charge in [0, 0.05) is 12.0 Å². The molecule has 1 heterocycles. The van der Waals surface area contributed by atoms with E-state index < -0.39 is 12.3 Å². The molecule has 2 atom stereocenters. The molecule has 30 heavy (non-hydrogen) atoms. The fraction of sp³-hybridized carbons (Fsp3) is 0.583. The summed E-state index contributed by atoms with van der Waals surface area (Å²) in [5, 5.41) is 0. The van der Waals surface area contributed by atoms with Gasteiger partial charge in [0.05, 0.1) is 19.0 Å². The molecule has 2 rings (SSSR count). The molecule has 0 fully saturated rings. The monoisotopic (exact) mass is 420 g/mol. The van der Waals surface area contributed by atoms with Gasteiger partial charge in [-0.2, -0.15) is 0 Å². The largest absolute Gasteiger partial charge is 0.491 e. The molecule has 0 saturated heterocycles. The molecule has 0 aliphatic rings. The maximum absolute atomic E-state index is 13.8. The zero-order valence-electron chi connectivity index (χ0n) is 18.2. The van der Waals surface area contributed by atoms with Crippen LogP contribution < -0.4 is 9.47 Å². The summed E-state index contributed by atoms with van der Waals surface area (Å²) in [5.41, 5.74) is 0.831. The van der Waals surface area contributed by atoms with Gasteiger partial charge in [-0.3, -0.25) is 0 Å². The highest BCUT2D eigenvalue weighted by molar-refractivity contribution is 5.56. The molecule has 1 aromatic heterocycles. The number of ether oxygens (including phenoxy) is 2. The maximum atomic E-state index is 13.8. The molecule has 4 nitrogen and oxygen atoms in total. The zero-order chi connectivity index (χ0) is 21.6. The third-order valence-electron chi connectivity index (χ3n) is 4.86. The summed E-state index contributed by atoms with van der Waals surface area (Å²) >= 11 is 0. The van der Waals surface area contributed by atoms with E-state index in [2.05, 4.69) is 23.8 Å². The van der Waals surface area contributed by atoms with Crippen molar-refractivity contribution in [3.05, 3.63) is 36.7 Å². The van der Waals surface area contributed by atoms with Gasteiger partial charge in [-0.05, 0) is 37.1 Å². The Labute approximate surface area is 179 Å². The Morgan fingerprint density at radius 1 is 0.767 bits per heavy atom. The Morgan fingerprint density at radius 2 is 1.43 bits per heavy atom. The lowest BCUT2D eigenvalue weighted by molar-refractivity contribution is 0.184. The molecule has 0 N–H and O–H groups in total. The van der Waals surface area contributed by atoms with Crippen molar-refractivity contribution >= 4 is 0 Å². The Bertz CT molecular complexity index is 695. The van der Waals surface area contributed by atoms with Crippen molar-refractivity contribution < 1.29 is 18.3 Å². The highest BCUT2D eigenvalue weighted by Gasteiger charge is 2.09. The van der Waals surface area contributed by atoms with Crippen LogP contribution in [0.15, 0.2) is 36.7 Å². The van der Waals surface area contributed by atoms with Crippen molar-refractivity contribution in [3.8, 4) is 22.9 Å². The summed E-state index contributed by atoms with van der Waals surface area (Å²) in [7, 11) is 0. The van der Waals surface area contributed by atoms with E-state index in [-0.39, 0.29) is 6.61 Å². The minimum absolute atomic E-state index is 0.0732. The molecule has 166 valence electrons. The van der Waals surface area contributed by atoms with Crippen LogP contribution in [0.1, 0.15) is 65.2 Å². The lowest BCUT2D eigenvalue weighted by atomic mass is 10.1. The summed E-state index contributed by atoms with van der Waals surface area (Å²) in [6.45, 7) is 4.54. The van der Waals surface area contributed by atoms with Gasteiger partial charge < -0.3 is 9.47 Å². The molecular formula is C24H34F2N2O2. The minimum Gasteiger partial charge on any atom is -0.491 e. The quantitative estimate of drug-likeness (QED) is 0.299. The van der Waals surface area contributed by atoms with Gasteiger partial charge in [-0.15, -0.1) is 0 Å². The van der Waals surface area contributed by atoms with Gasteiger partial charge in [0.25, 0.3) is 0 Å². The SMILES string of the molecule is CCCCC[C@@H](F)COc1ccc(-c2ncc(OCC[C@@H](F)CCCC)cn2)cc1. The molecule has 0 radical (unpaired) electrons. The lowest BCUT2D eigenvalue weighted by Crippen LogP contribution is -2.12. The number of benzene rings is 1. The lowest BCUT2D eigenvalue weighted by Gasteiger charge is -2.11. The van der Waals surface area contributed by atoms with Crippen LogP contribution >= 0.6 is 0 Å². The Hall–Kier alpha value is -2.24. The average Bonchev–Trinajstić information content (AvgIpc) is 2.77. The number of halogens is 2. The second-order valence-electron chi connectivity index (χ2n) is 7.55. The number of alkyl halides is 2.